The molecule has 1 amide bonds. The molecule has 2 aromatic carbocycles. The molecule has 0 bridgehead atoms. The highest BCUT2D eigenvalue weighted by atomic mass is 16.6. The van der Waals surface area contributed by atoms with E-state index in [1.165, 1.54) is 30.3 Å². The van der Waals surface area contributed by atoms with Gasteiger partial charge in [-0.1, -0.05) is 41.5 Å². The Morgan fingerprint density at radius 1 is 1.06 bits per heavy atom. The third-order valence-corrected chi connectivity index (χ3v) is 4.76. The topological polar surface area (TPSA) is 116 Å². The van der Waals surface area contributed by atoms with Gasteiger partial charge in [-0.25, -0.2) is 0 Å². The Hall–Kier alpha value is -3.66. The van der Waals surface area contributed by atoms with Crippen molar-refractivity contribution in [2.45, 2.75) is 52.4 Å². The standard InChI is InChI=1S/C24H27N3O4/c1-23(2,3)19-12-15(13-20(21(19)28)24(4,5)6)11-16(14-25)22(29)26-17-7-9-18(10-8-17)27(30)31/h7-13,28H,1-6H3,(H,26,29). The minimum Gasteiger partial charge on any atom is -0.507 e. The number of carbonyl (C=O) groups is 1. The van der Waals surface area contributed by atoms with Crippen LogP contribution in [0.1, 0.15) is 58.2 Å². The molecule has 2 rings (SSSR count). The van der Waals surface area contributed by atoms with Gasteiger partial charge in [-0.2, -0.15) is 5.26 Å². The van der Waals surface area contributed by atoms with Gasteiger partial charge in [0.2, 0.25) is 0 Å². The second-order valence-electron chi connectivity index (χ2n) is 9.39. The van der Waals surface area contributed by atoms with Gasteiger partial charge in [0.05, 0.1) is 4.92 Å². The molecule has 0 aliphatic rings. The van der Waals surface area contributed by atoms with Gasteiger partial charge in [0.15, 0.2) is 0 Å². The lowest BCUT2D eigenvalue weighted by Gasteiger charge is -2.28. The van der Waals surface area contributed by atoms with Crippen molar-refractivity contribution in [1.82, 2.24) is 0 Å². The quantitative estimate of drug-likeness (QED) is 0.295. The van der Waals surface area contributed by atoms with E-state index in [0.29, 0.717) is 11.3 Å². The van der Waals surface area contributed by atoms with E-state index in [-0.39, 0.29) is 27.8 Å². The fourth-order valence-electron chi connectivity index (χ4n) is 3.06. The molecule has 7 heteroatoms. The molecule has 0 unspecified atom stereocenters. The van der Waals surface area contributed by atoms with Crippen LogP contribution < -0.4 is 5.32 Å². The number of phenolic OH excluding ortho intramolecular Hbond substituents is 1. The number of nitrogens with zero attached hydrogens (tertiary/aromatic N) is 2. The van der Waals surface area contributed by atoms with E-state index < -0.39 is 10.8 Å². The summed E-state index contributed by atoms with van der Waals surface area (Å²) in [6.07, 6.45) is 1.48. The number of hydrogen-bond donors (Lipinski definition) is 2. The molecule has 0 aliphatic heterocycles. The molecule has 0 spiro atoms. The van der Waals surface area contributed by atoms with Crippen LogP contribution in [0.5, 0.6) is 5.75 Å². The molecular weight excluding hydrogens is 394 g/mol. The van der Waals surface area contributed by atoms with Crippen molar-refractivity contribution in [3.8, 4) is 11.8 Å². The lowest BCUT2D eigenvalue weighted by molar-refractivity contribution is -0.384. The minimum absolute atomic E-state index is 0.0949. The van der Waals surface area contributed by atoms with Crippen LogP contribution in [0.4, 0.5) is 11.4 Å². The average Bonchev–Trinajstić information content (AvgIpc) is 2.65. The molecule has 0 aromatic heterocycles. The van der Waals surface area contributed by atoms with Gasteiger partial charge in [0.1, 0.15) is 17.4 Å². The number of nitriles is 1. The third kappa shape index (κ3) is 5.70. The fraction of sp³-hybridized carbons (Fsp3) is 0.333. The third-order valence-electron chi connectivity index (χ3n) is 4.76. The fourth-order valence-corrected chi connectivity index (χ4v) is 3.06. The molecule has 162 valence electrons. The number of carbonyl (C=O) groups excluding carboxylic acids is 1. The van der Waals surface area contributed by atoms with Crippen LogP contribution in [0.3, 0.4) is 0 Å². The van der Waals surface area contributed by atoms with Crippen molar-refractivity contribution in [1.29, 1.82) is 5.26 Å². The van der Waals surface area contributed by atoms with E-state index in [1.807, 2.05) is 47.6 Å². The molecule has 0 aliphatic carbocycles. The van der Waals surface area contributed by atoms with Crippen LogP contribution in [0, 0.1) is 21.4 Å². The van der Waals surface area contributed by atoms with E-state index >= 15 is 0 Å². The van der Waals surface area contributed by atoms with Crippen molar-refractivity contribution in [3.63, 3.8) is 0 Å². The summed E-state index contributed by atoms with van der Waals surface area (Å²) in [4.78, 5) is 22.8. The highest BCUT2D eigenvalue weighted by Gasteiger charge is 2.26. The summed E-state index contributed by atoms with van der Waals surface area (Å²) in [6.45, 7) is 11.9. The Bertz CT molecular complexity index is 1040. The minimum atomic E-state index is -0.626. The maximum atomic E-state index is 12.6. The van der Waals surface area contributed by atoms with Crippen molar-refractivity contribution in [2.24, 2.45) is 0 Å². The predicted molar refractivity (Wildman–Crippen MR) is 121 cm³/mol. The Balaban J connectivity index is 2.46. The molecule has 0 atom stereocenters. The Labute approximate surface area is 182 Å². The van der Waals surface area contributed by atoms with Gasteiger partial charge in [-0.05, 0) is 46.7 Å². The largest absolute Gasteiger partial charge is 0.507 e. The van der Waals surface area contributed by atoms with Crippen LogP contribution in [0.2, 0.25) is 0 Å². The molecule has 0 fully saturated rings. The number of anilines is 1. The van der Waals surface area contributed by atoms with Gasteiger partial charge in [0.25, 0.3) is 11.6 Å². The van der Waals surface area contributed by atoms with Gasteiger partial charge >= 0.3 is 0 Å². The normalized spacial score (nSPS) is 12.2. The lowest BCUT2D eigenvalue weighted by Crippen LogP contribution is -2.18. The molecule has 2 N–H and O–H groups in total. The van der Waals surface area contributed by atoms with E-state index in [0.717, 1.165) is 11.1 Å². The molecule has 7 nitrogen and oxygen atoms in total. The molecule has 31 heavy (non-hydrogen) atoms. The number of phenols is 1. The lowest BCUT2D eigenvalue weighted by atomic mass is 9.78. The zero-order chi connectivity index (χ0) is 23.6. The maximum Gasteiger partial charge on any atom is 0.269 e. The second-order valence-corrected chi connectivity index (χ2v) is 9.39. The van der Waals surface area contributed by atoms with E-state index in [4.69, 9.17) is 0 Å². The number of hydrogen-bond acceptors (Lipinski definition) is 5. The summed E-state index contributed by atoms with van der Waals surface area (Å²) >= 11 is 0. The van der Waals surface area contributed by atoms with Crippen LogP contribution in [0.25, 0.3) is 6.08 Å². The zero-order valence-electron chi connectivity index (χ0n) is 18.6. The Morgan fingerprint density at radius 3 is 1.94 bits per heavy atom. The first-order valence-electron chi connectivity index (χ1n) is 9.79. The highest BCUT2D eigenvalue weighted by molar-refractivity contribution is 6.09. The van der Waals surface area contributed by atoms with E-state index in [2.05, 4.69) is 5.32 Å². The SMILES string of the molecule is CC(C)(C)c1cc(C=C(C#N)C(=O)Nc2ccc([N+](=O)[O-])cc2)cc(C(C)(C)C)c1O. The van der Waals surface area contributed by atoms with Crippen LogP contribution in [0.15, 0.2) is 42.0 Å². The smallest absolute Gasteiger partial charge is 0.269 e. The summed E-state index contributed by atoms with van der Waals surface area (Å²) in [5.74, 6) is -0.412. The summed E-state index contributed by atoms with van der Waals surface area (Å²) in [6, 6.07) is 10.8. The van der Waals surface area contributed by atoms with Crippen LogP contribution >= 0.6 is 0 Å². The first-order valence-corrected chi connectivity index (χ1v) is 9.79. The molecular formula is C24H27N3O4. The molecule has 0 saturated carbocycles. The maximum absolute atomic E-state index is 12.6. The number of nitrogens with one attached hydrogen (secondary N) is 1. The molecule has 0 heterocycles. The van der Waals surface area contributed by atoms with Gasteiger partial charge < -0.3 is 10.4 Å². The summed E-state index contributed by atoms with van der Waals surface area (Å²) in [5, 5.41) is 33.7. The number of amides is 1. The zero-order valence-corrected chi connectivity index (χ0v) is 18.6. The summed E-state index contributed by atoms with van der Waals surface area (Å²) < 4.78 is 0. The first kappa shape index (κ1) is 23.6. The highest BCUT2D eigenvalue weighted by Crippen LogP contribution is 2.40. The number of rotatable bonds is 4. The monoisotopic (exact) mass is 421 g/mol. The van der Waals surface area contributed by atoms with Gasteiger partial charge in [-0.3, -0.25) is 14.9 Å². The van der Waals surface area contributed by atoms with Crippen molar-refractivity contribution < 1.29 is 14.8 Å². The Morgan fingerprint density at radius 2 is 1.55 bits per heavy atom. The summed E-state index contributed by atoms with van der Waals surface area (Å²) in [5.41, 5.74) is 1.50. The number of non-ortho nitro benzene ring substituents is 1. The average molecular weight is 421 g/mol. The van der Waals surface area contributed by atoms with E-state index in [9.17, 15) is 25.3 Å². The molecule has 0 radical (unpaired) electrons. The van der Waals surface area contributed by atoms with Gasteiger partial charge in [-0.15, -0.1) is 0 Å². The first-order chi connectivity index (χ1) is 14.2. The molecule has 0 saturated heterocycles. The van der Waals surface area contributed by atoms with Crippen LogP contribution in [-0.2, 0) is 15.6 Å². The van der Waals surface area contributed by atoms with E-state index in [1.54, 1.807) is 12.1 Å². The van der Waals surface area contributed by atoms with Crippen LogP contribution in [-0.4, -0.2) is 15.9 Å². The molecule has 2 aromatic rings. The number of benzene rings is 2. The second kappa shape index (κ2) is 8.60. The van der Waals surface area contributed by atoms with Gasteiger partial charge in [0, 0.05) is 28.9 Å². The predicted octanol–water partition coefficient (Wildman–Crippen LogP) is 5.44. The summed E-state index contributed by atoms with van der Waals surface area (Å²) in [7, 11) is 0. The van der Waals surface area contributed by atoms with Crippen molar-refractivity contribution in [2.75, 3.05) is 5.32 Å². The number of nitro benzene ring substituents is 1. The number of nitro groups is 1. The van der Waals surface area contributed by atoms with Crippen molar-refractivity contribution in [3.05, 3.63) is 68.8 Å². The Kier molecular flexibility index (Phi) is 6.55. The van der Waals surface area contributed by atoms with Crippen molar-refractivity contribution >= 4 is 23.4 Å². The number of aromatic hydroxyl groups is 1.